The molecule has 0 aliphatic carbocycles. The van der Waals surface area contributed by atoms with Crippen molar-refractivity contribution in [3.05, 3.63) is 34.9 Å². The molecular formula is C13H18ClNO2. The van der Waals surface area contributed by atoms with Gasteiger partial charge in [-0.05, 0) is 38.0 Å². The van der Waals surface area contributed by atoms with E-state index in [1.807, 2.05) is 43.0 Å². The summed E-state index contributed by atoms with van der Waals surface area (Å²) in [6.07, 6.45) is 0.812. The van der Waals surface area contributed by atoms with Gasteiger partial charge in [0.05, 0.1) is 6.54 Å². The van der Waals surface area contributed by atoms with Gasteiger partial charge in [0, 0.05) is 17.6 Å². The molecule has 17 heavy (non-hydrogen) atoms. The first-order valence-corrected chi connectivity index (χ1v) is 6.07. The third-order valence-electron chi connectivity index (χ3n) is 2.65. The Hall–Kier alpha value is -1.06. The molecule has 0 aromatic heterocycles. The van der Waals surface area contributed by atoms with Crippen molar-refractivity contribution < 1.29 is 9.90 Å². The zero-order valence-corrected chi connectivity index (χ0v) is 10.9. The van der Waals surface area contributed by atoms with Crippen LogP contribution in [0.25, 0.3) is 0 Å². The van der Waals surface area contributed by atoms with Crippen LogP contribution in [0.2, 0.25) is 5.02 Å². The fourth-order valence-electron chi connectivity index (χ4n) is 1.66. The fourth-order valence-corrected chi connectivity index (χ4v) is 1.87. The van der Waals surface area contributed by atoms with Crippen molar-refractivity contribution in [3.63, 3.8) is 0 Å². The predicted molar refractivity (Wildman–Crippen MR) is 69.5 cm³/mol. The summed E-state index contributed by atoms with van der Waals surface area (Å²) in [5.74, 6) is -0.787. The maximum absolute atomic E-state index is 10.7. The number of rotatable bonds is 6. The quantitative estimate of drug-likeness (QED) is 0.850. The minimum atomic E-state index is -0.787. The molecule has 1 N–H and O–H groups in total. The van der Waals surface area contributed by atoms with E-state index < -0.39 is 5.97 Å². The van der Waals surface area contributed by atoms with E-state index in [-0.39, 0.29) is 12.6 Å². The summed E-state index contributed by atoms with van der Waals surface area (Å²) >= 11 is 5.90. The summed E-state index contributed by atoms with van der Waals surface area (Å²) < 4.78 is 0. The molecule has 0 unspecified atom stereocenters. The number of aliphatic carboxylic acids is 1. The van der Waals surface area contributed by atoms with Crippen molar-refractivity contribution in [2.24, 2.45) is 0 Å². The normalized spacial score (nSPS) is 11.1. The number of hydrogen-bond donors (Lipinski definition) is 1. The van der Waals surface area contributed by atoms with Gasteiger partial charge in [-0.3, -0.25) is 9.69 Å². The highest BCUT2D eigenvalue weighted by Crippen LogP contribution is 2.12. The van der Waals surface area contributed by atoms with Crippen LogP contribution in [0.15, 0.2) is 24.3 Å². The topological polar surface area (TPSA) is 40.5 Å². The molecule has 0 aliphatic heterocycles. The zero-order valence-electron chi connectivity index (χ0n) is 10.2. The van der Waals surface area contributed by atoms with Crippen LogP contribution in [0.4, 0.5) is 0 Å². The van der Waals surface area contributed by atoms with Crippen LogP contribution in [0.3, 0.4) is 0 Å². The number of halogens is 1. The number of nitrogens with zero attached hydrogens (tertiary/aromatic N) is 1. The standard InChI is InChI=1S/C13H18ClNO2/c1-10(2)15(9-13(16)17)7-6-11-4-3-5-12(14)8-11/h3-5,8,10H,6-7,9H2,1-2H3,(H,16,17). The molecule has 0 aliphatic rings. The lowest BCUT2D eigenvalue weighted by atomic mass is 10.1. The number of hydrogen-bond acceptors (Lipinski definition) is 2. The van der Waals surface area contributed by atoms with E-state index in [0.29, 0.717) is 0 Å². The van der Waals surface area contributed by atoms with Crippen LogP contribution in [0.5, 0.6) is 0 Å². The van der Waals surface area contributed by atoms with Gasteiger partial charge in [-0.2, -0.15) is 0 Å². The minimum Gasteiger partial charge on any atom is -0.480 e. The minimum absolute atomic E-state index is 0.0816. The molecular weight excluding hydrogens is 238 g/mol. The number of carbonyl (C=O) groups is 1. The van der Waals surface area contributed by atoms with Gasteiger partial charge in [0.25, 0.3) is 0 Å². The number of benzene rings is 1. The van der Waals surface area contributed by atoms with E-state index in [9.17, 15) is 4.79 Å². The van der Waals surface area contributed by atoms with Crippen LogP contribution in [0.1, 0.15) is 19.4 Å². The maximum Gasteiger partial charge on any atom is 0.317 e. The molecule has 1 rings (SSSR count). The average Bonchev–Trinajstić information content (AvgIpc) is 2.23. The van der Waals surface area contributed by atoms with E-state index in [1.165, 1.54) is 0 Å². The molecule has 4 heteroatoms. The van der Waals surface area contributed by atoms with Crippen molar-refractivity contribution in [1.82, 2.24) is 4.90 Å². The number of carboxylic acids is 1. The molecule has 3 nitrogen and oxygen atoms in total. The molecule has 1 aromatic rings. The summed E-state index contributed by atoms with van der Waals surface area (Å²) in [7, 11) is 0. The Kier molecular flexibility index (Phi) is 5.45. The Labute approximate surface area is 107 Å². The largest absolute Gasteiger partial charge is 0.480 e. The Morgan fingerprint density at radius 1 is 1.47 bits per heavy atom. The summed E-state index contributed by atoms with van der Waals surface area (Å²) in [4.78, 5) is 12.7. The van der Waals surface area contributed by atoms with Gasteiger partial charge in [0.15, 0.2) is 0 Å². The van der Waals surface area contributed by atoms with Crippen LogP contribution < -0.4 is 0 Å². The Morgan fingerprint density at radius 2 is 2.18 bits per heavy atom. The van der Waals surface area contributed by atoms with Crippen LogP contribution in [0, 0.1) is 0 Å². The summed E-state index contributed by atoms with van der Waals surface area (Å²) in [6.45, 7) is 4.81. The van der Waals surface area contributed by atoms with Crippen molar-refractivity contribution in [1.29, 1.82) is 0 Å². The molecule has 0 spiro atoms. The average molecular weight is 256 g/mol. The van der Waals surface area contributed by atoms with Gasteiger partial charge in [0.1, 0.15) is 0 Å². The first-order valence-electron chi connectivity index (χ1n) is 5.69. The smallest absolute Gasteiger partial charge is 0.317 e. The monoisotopic (exact) mass is 255 g/mol. The van der Waals surface area contributed by atoms with E-state index in [2.05, 4.69) is 0 Å². The Balaban J connectivity index is 2.54. The first kappa shape index (κ1) is 14.0. The lowest BCUT2D eigenvalue weighted by molar-refractivity contribution is -0.138. The molecule has 0 heterocycles. The Bertz CT molecular complexity index is 379. The van der Waals surface area contributed by atoms with Gasteiger partial charge < -0.3 is 5.11 Å². The predicted octanol–water partition coefficient (Wildman–Crippen LogP) is 2.68. The summed E-state index contributed by atoms with van der Waals surface area (Å²) in [5, 5.41) is 9.53. The summed E-state index contributed by atoms with van der Waals surface area (Å²) in [6, 6.07) is 7.90. The molecule has 0 bridgehead atoms. The second-order valence-electron chi connectivity index (χ2n) is 4.34. The lowest BCUT2D eigenvalue weighted by Gasteiger charge is -2.24. The van der Waals surface area contributed by atoms with E-state index in [0.717, 1.165) is 23.6 Å². The van der Waals surface area contributed by atoms with Crippen LogP contribution in [-0.2, 0) is 11.2 Å². The molecule has 0 amide bonds. The van der Waals surface area contributed by atoms with Crippen molar-refractivity contribution in [2.45, 2.75) is 26.3 Å². The maximum atomic E-state index is 10.7. The fraction of sp³-hybridized carbons (Fsp3) is 0.462. The molecule has 0 saturated heterocycles. The van der Waals surface area contributed by atoms with Gasteiger partial charge >= 0.3 is 5.97 Å². The molecule has 0 atom stereocenters. The summed E-state index contributed by atoms with van der Waals surface area (Å²) in [5.41, 5.74) is 1.13. The Morgan fingerprint density at radius 3 is 2.71 bits per heavy atom. The third-order valence-corrected chi connectivity index (χ3v) is 2.88. The van der Waals surface area contributed by atoms with Crippen LogP contribution in [-0.4, -0.2) is 35.1 Å². The molecule has 0 saturated carbocycles. The van der Waals surface area contributed by atoms with Gasteiger partial charge in [-0.25, -0.2) is 0 Å². The van der Waals surface area contributed by atoms with Crippen LogP contribution >= 0.6 is 11.6 Å². The van der Waals surface area contributed by atoms with E-state index >= 15 is 0 Å². The first-order chi connectivity index (χ1) is 7.99. The highest BCUT2D eigenvalue weighted by atomic mass is 35.5. The van der Waals surface area contributed by atoms with E-state index in [1.54, 1.807) is 0 Å². The molecule has 0 fully saturated rings. The third kappa shape index (κ3) is 5.20. The van der Waals surface area contributed by atoms with Crippen molar-refractivity contribution in [3.8, 4) is 0 Å². The number of carboxylic acid groups (broad SMARTS) is 1. The van der Waals surface area contributed by atoms with Gasteiger partial charge in [0.2, 0.25) is 0 Å². The van der Waals surface area contributed by atoms with E-state index in [4.69, 9.17) is 16.7 Å². The zero-order chi connectivity index (χ0) is 12.8. The van der Waals surface area contributed by atoms with Gasteiger partial charge in [-0.1, -0.05) is 23.7 Å². The SMILES string of the molecule is CC(C)N(CCc1cccc(Cl)c1)CC(=O)O. The highest BCUT2D eigenvalue weighted by Gasteiger charge is 2.12. The second kappa shape index (κ2) is 6.62. The highest BCUT2D eigenvalue weighted by molar-refractivity contribution is 6.30. The molecule has 94 valence electrons. The molecule has 1 aromatic carbocycles. The van der Waals surface area contributed by atoms with Crippen molar-refractivity contribution in [2.75, 3.05) is 13.1 Å². The lowest BCUT2D eigenvalue weighted by Crippen LogP contribution is -2.37. The van der Waals surface area contributed by atoms with Gasteiger partial charge in [-0.15, -0.1) is 0 Å². The van der Waals surface area contributed by atoms with Crippen molar-refractivity contribution >= 4 is 17.6 Å². The second-order valence-corrected chi connectivity index (χ2v) is 4.77. The molecule has 0 radical (unpaired) electrons.